The number of imidazole rings is 1. The number of H-pyrrole nitrogens is 1. The number of aromatic nitrogens is 2. The molecule has 0 bridgehead atoms. The summed E-state index contributed by atoms with van der Waals surface area (Å²) < 4.78 is 0. The summed E-state index contributed by atoms with van der Waals surface area (Å²) >= 11 is 0. The molecule has 0 saturated carbocycles. The van der Waals surface area contributed by atoms with Crippen molar-refractivity contribution >= 4 is 11.0 Å². The number of aryl methyl sites for hydroxylation is 2. The lowest BCUT2D eigenvalue weighted by atomic mass is 9.89. The number of nitrogens with one attached hydrogen (secondary N) is 2. The van der Waals surface area contributed by atoms with Crippen LogP contribution < -0.4 is 5.32 Å². The molecule has 4 rings (SSSR count). The smallest absolute Gasteiger partial charge is 0.138 e. The standard InChI is InChI=1S/C20H23N3/c1-13-5-3-4-6-17(13)20-22-18-12-16(11-14(2)19(18)23-20)15-7-9-21-10-8-15/h3-6,11-12,15,21H,7-10H2,1-2H3,(H,22,23). The van der Waals surface area contributed by atoms with Gasteiger partial charge in [0.15, 0.2) is 0 Å². The molecule has 0 aliphatic carbocycles. The van der Waals surface area contributed by atoms with Gasteiger partial charge in [-0.15, -0.1) is 0 Å². The van der Waals surface area contributed by atoms with Gasteiger partial charge in [-0.1, -0.05) is 30.3 Å². The summed E-state index contributed by atoms with van der Waals surface area (Å²) in [6, 6.07) is 13.1. The summed E-state index contributed by atoms with van der Waals surface area (Å²) in [7, 11) is 0. The Morgan fingerprint density at radius 1 is 1.00 bits per heavy atom. The molecule has 1 aliphatic rings. The van der Waals surface area contributed by atoms with Crippen LogP contribution in [0.2, 0.25) is 0 Å². The van der Waals surface area contributed by atoms with Gasteiger partial charge in [0, 0.05) is 5.56 Å². The maximum Gasteiger partial charge on any atom is 0.138 e. The van der Waals surface area contributed by atoms with Crippen molar-refractivity contribution < 1.29 is 0 Å². The van der Waals surface area contributed by atoms with Crippen molar-refractivity contribution in [1.29, 1.82) is 0 Å². The van der Waals surface area contributed by atoms with Crippen LogP contribution in [0.1, 0.15) is 35.4 Å². The zero-order valence-electron chi connectivity index (χ0n) is 13.8. The molecule has 2 heterocycles. The van der Waals surface area contributed by atoms with E-state index in [0.717, 1.165) is 29.9 Å². The topological polar surface area (TPSA) is 40.7 Å². The number of hydrogen-bond donors (Lipinski definition) is 2. The average molecular weight is 305 g/mol. The molecule has 0 atom stereocenters. The van der Waals surface area contributed by atoms with E-state index < -0.39 is 0 Å². The van der Waals surface area contributed by atoms with Gasteiger partial charge in [0.2, 0.25) is 0 Å². The Labute approximate surface area is 137 Å². The second kappa shape index (κ2) is 5.82. The van der Waals surface area contributed by atoms with Crippen LogP contribution in [-0.4, -0.2) is 23.1 Å². The van der Waals surface area contributed by atoms with Crippen molar-refractivity contribution in [1.82, 2.24) is 15.3 Å². The number of aromatic amines is 1. The molecule has 3 heteroatoms. The average Bonchev–Trinajstić information content (AvgIpc) is 3.00. The molecular formula is C20H23N3. The Morgan fingerprint density at radius 3 is 2.57 bits per heavy atom. The highest BCUT2D eigenvalue weighted by Crippen LogP contribution is 2.31. The largest absolute Gasteiger partial charge is 0.338 e. The van der Waals surface area contributed by atoms with E-state index in [1.54, 1.807) is 0 Å². The minimum atomic E-state index is 0.671. The van der Waals surface area contributed by atoms with E-state index >= 15 is 0 Å². The van der Waals surface area contributed by atoms with E-state index in [1.807, 2.05) is 0 Å². The fourth-order valence-corrected chi connectivity index (χ4v) is 3.68. The molecule has 3 aromatic rings. The van der Waals surface area contributed by atoms with Gasteiger partial charge in [-0.05, 0) is 68.5 Å². The molecule has 0 spiro atoms. The molecule has 1 fully saturated rings. The fourth-order valence-electron chi connectivity index (χ4n) is 3.68. The second-order valence-electron chi connectivity index (χ2n) is 6.66. The minimum absolute atomic E-state index is 0.671. The fraction of sp³-hybridized carbons (Fsp3) is 0.350. The Morgan fingerprint density at radius 2 is 1.78 bits per heavy atom. The molecule has 1 aromatic heterocycles. The quantitative estimate of drug-likeness (QED) is 0.740. The lowest BCUT2D eigenvalue weighted by Crippen LogP contribution is -2.26. The van der Waals surface area contributed by atoms with E-state index in [4.69, 9.17) is 4.98 Å². The zero-order valence-corrected chi connectivity index (χ0v) is 13.8. The summed E-state index contributed by atoms with van der Waals surface area (Å²) in [6.45, 7) is 6.56. The van der Waals surface area contributed by atoms with E-state index in [9.17, 15) is 0 Å². The van der Waals surface area contributed by atoms with Crippen LogP contribution in [0.5, 0.6) is 0 Å². The van der Waals surface area contributed by atoms with Gasteiger partial charge >= 0.3 is 0 Å². The van der Waals surface area contributed by atoms with Gasteiger partial charge < -0.3 is 10.3 Å². The summed E-state index contributed by atoms with van der Waals surface area (Å²) in [5.74, 6) is 1.65. The summed E-state index contributed by atoms with van der Waals surface area (Å²) in [6.07, 6.45) is 2.45. The molecule has 0 unspecified atom stereocenters. The van der Waals surface area contributed by atoms with Crippen molar-refractivity contribution in [2.24, 2.45) is 0 Å². The predicted molar refractivity (Wildman–Crippen MR) is 95.8 cm³/mol. The van der Waals surface area contributed by atoms with E-state index in [2.05, 4.69) is 60.5 Å². The lowest BCUT2D eigenvalue weighted by molar-refractivity contribution is 0.460. The van der Waals surface area contributed by atoms with E-state index in [-0.39, 0.29) is 0 Å². The third-order valence-electron chi connectivity index (χ3n) is 5.01. The first-order valence-electron chi connectivity index (χ1n) is 8.49. The van der Waals surface area contributed by atoms with Crippen LogP contribution in [-0.2, 0) is 0 Å². The molecule has 23 heavy (non-hydrogen) atoms. The number of hydrogen-bond acceptors (Lipinski definition) is 2. The Bertz CT molecular complexity index is 841. The zero-order chi connectivity index (χ0) is 15.8. The van der Waals surface area contributed by atoms with Crippen LogP contribution in [0.15, 0.2) is 36.4 Å². The molecule has 2 aromatic carbocycles. The van der Waals surface area contributed by atoms with Gasteiger partial charge in [-0.2, -0.15) is 0 Å². The normalized spacial score (nSPS) is 16.1. The number of nitrogens with zero attached hydrogens (tertiary/aromatic N) is 1. The number of rotatable bonds is 2. The molecule has 118 valence electrons. The molecule has 1 saturated heterocycles. The Hall–Kier alpha value is -2.13. The van der Waals surface area contributed by atoms with Crippen LogP contribution in [0.25, 0.3) is 22.4 Å². The first-order valence-corrected chi connectivity index (χ1v) is 8.49. The Balaban J connectivity index is 1.79. The molecule has 1 aliphatic heterocycles. The SMILES string of the molecule is Cc1ccccc1-c1nc2c(C)cc(C3CCNCC3)cc2[nH]1. The summed E-state index contributed by atoms with van der Waals surface area (Å²) in [5.41, 5.74) is 7.43. The monoisotopic (exact) mass is 305 g/mol. The van der Waals surface area contributed by atoms with Crippen LogP contribution in [0.3, 0.4) is 0 Å². The highest BCUT2D eigenvalue weighted by molar-refractivity contribution is 5.83. The lowest BCUT2D eigenvalue weighted by Gasteiger charge is -2.23. The molecule has 0 radical (unpaired) electrons. The van der Waals surface area contributed by atoms with Crippen molar-refractivity contribution in [3.8, 4) is 11.4 Å². The van der Waals surface area contributed by atoms with Crippen LogP contribution >= 0.6 is 0 Å². The predicted octanol–water partition coefficient (Wildman–Crippen LogP) is 4.31. The third-order valence-corrected chi connectivity index (χ3v) is 5.01. The minimum Gasteiger partial charge on any atom is -0.338 e. The van der Waals surface area contributed by atoms with Crippen molar-refractivity contribution in [2.75, 3.05) is 13.1 Å². The maximum absolute atomic E-state index is 4.86. The van der Waals surface area contributed by atoms with E-state index in [0.29, 0.717) is 5.92 Å². The first kappa shape index (κ1) is 14.5. The van der Waals surface area contributed by atoms with Crippen molar-refractivity contribution in [3.05, 3.63) is 53.1 Å². The van der Waals surface area contributed by atoms with Gasteiger partial charge in [-0.3, -0.25) is 0 Å². The van der Waals surface area contributed by atoms with Gasteiger partial charge in [0.25, 0.3) is 0 Å². The third kappa shape index (κ3) is 2.66. The highest BCUT2D eigenvalue weighted by Gasteiger charge is 2.17. The van der Waals surface area contributed by atoms with Crippen LogP contribution in [0, 0.1) is 13.8 Å². The van der Waals surface area contributed by atoms with Gasteiger partial charge in [0.05, 0.1) is 11.0 Å². The maximum atomic E-state index is 4.86. The van der Waals surface area contributed by atoms with E-state index in [1.165, 1.54) is 35.1 Å². The van der Waals surface area contributed by atoms with Crippen molar-refractivity contribution in [3.63, 3.8) is 0 Å². The van der Waals surface area contributed by atoms with Gasteiger partial charge in [0.1, 0.15) is 5.82 Å². The molecule has 3 nitrogen and oxygen atoms in total. The second-order valence-corrected chi connectivity index (χ2v) is 6.66. The molecule has 0 amide bonds. The summed E-state index contributed by atoms with van der Waals surface area (Å²) in [5, 5.41) is 3.45. The van der Waals surface area contributed by atoms with Gasteiger partial charge in [-0.25, -0.2) is 4.98 Å². The number of fused-ring (bicyclic) bond motifs is 1. The molecule has 2 N–H and O–H groups in total. The number of piperidine rings is 1. The molecular weight excluding hydrogens is 282 g/mol. The number of benzene rings is 2. The Kier molecular flexibility index (Phi) is 3.66. The first-order chi connectivity index (χ1) is 11.2. The van der Waals surface area contributed by atoms with Crippen molar-refractivity contribution in [2.45, 2.75) is 32.6 Å². The summed E-state index contributed by atoms with van der Waals surface area (Å²) in [4.78, 5) is 8.41. The highest BCUT2D eigenvalue weighted by atomic mass is 14.9. The van der Waals surface area contributed by atoms with Crippen LogP contribution in [0.4, 0.5) is 0 Å².